The molecule has 0 radical (unpaired) electrons. The molecule has 2 aliphatic rings. The maximum absolute atomic E-state index is 15.4. The molecule has 36 heavy (non-hydrogen) atoms. The Morgan fingerprint density at radius 1 is 1.22 bits per heavy atom. The Hall–Kier alpha value is -3.30. The largest absolute Gasteiger partial charge is 0.381 e. The van der Waals surface area contributed by atoms with Gasteiger partial charge in [0.15, 0.2) is 0 Å². The summed E-state index contributed by atoms with van der Waals surface area (Å²) in [6, 6.07) is 7.64. The van der Waals surface area contributed by atoms with Crippen molar-refractivity contribution in [3.8, 4) is 11.1 Å². The quantitative estimate of drug-likeness (QED) is 0.471. The molecule has 6 rings (SSSR count). The van der Waals surface area contributed by atoms with E-state index in [1.807, 2.05) is 12.1 Å². The predicted octanol–water partition coefficient (Wildman–Crippen LogP) is 3.65. The average molecular weight is 491 g/mol. The number of rotatable bonds is 4. The highest BCUT2D eigenvalue weighted by Gasteiger charge is 2.26. The minimum Gasteiger partial charge on any atom is -0.381 e. The maximum Gasteiger partial charge on any atom is 0.326 e. The molecule has 2 fully saturated rings. The highest BCUT2D eigenvalue weighted by Crippen LogP contribution is 2.35. The van der Waals surface area contributed by atoms with Crippen LogP contribution in [0.15, 0.2) is 35.3 Å². The summed E-state index contributed by atoms with van der Waals surface area (Å²) >= 11 is 0. The SMILES string of the molecule is CN(C)[C@@H]1CCN(c2ccc(-c3cc4c(cc3F)nc([C@H]3CCCOC3)c3c4[nH]c(=O)n3C)cn2)C1. The number of nitrogens with zero attached hydrogens (tertiary/aromatic N) is 5. The van der Waals surface area contributed by atoms with Crippen molar-refractivity contribution >= 4 is 27.8 Å². The molecular formula is C27H31FN6O2. The lowest BCUT2D eigenvalue weighted by Gasteiger charge is -2.23. The first-order valence-electron chi connectivity index (χ1n) is 12.6. The molecule has 2 saturated heterocycles. The number of halogens is 1. The Morgan fingerprint density at radius 2 is 2.08 bits per heavy atom. The second-order valence-corrected chi connectivity index (χ2v) is 10.2. The smallest absolute Gasteiger partial charge is 0.326 e. The van der Waals surface area contributed by atoms with E-state index in [9.17, 15) is 4.79 Å². The number of hydrogen-bond donors (Lipinski definition) is 1. The third-order valence-corrected chi connectivity index (χ3v) is 7.77. The fraction of sp³-hybridized carbons (Fsp3) is 0.444. The van der Waals surface area contributed by atoms with E-state index in [1.165, 1.54) is 6.07 Å². The summed E-state index contributed by atoms with van der Waals surface area (Å²) in [5.41, 5.74) is 3.69. The van der Waals surface area contributed by atoms with Crippen LogP contribution in [0.25, 0.3) is 33.1 Å². The monoisotopic (exact) mass is 490 g/mol. The summed E-state index contributed by atoms with van der Waals surface area (Å²) < 4.78 is 22.7. The third-order valence-electron chi connectivity index (χ3n) is 7.77. The number of ether oxygens (including phenoxy) is 1. The van der Waals surface area contributed by atoms with Gasteiger partial charge >= 0.3 is 5.69 Å². The number of imidazole rings is 1. The van der Waals surface area contributed by atoms with Gasteiger partial charge in [0.05, 0.1) is 28.9 Å². The Balaban J connectivity index is 1.42. The number of fused-ring (bicyclic) bond motifs is 3. The lowest BCUT2D eigenvalue weighted by Crippen LogP contribution is -2.31. The first kappa shape index (κ1) is 23.1. The molecule has 3 aromatic heterocycles. The van der Waals surface area contributed by atoms with Gasteiger partial charge in [-0.05, 0) is 51.6 Å². The number of aryl methyl sites for hydroxylation is 1. The van der Waals surface area contributed by atoms with Crippen LogP contribution in [0.3, 0.4) is 0 Å². The van der Waals surface area contributed by atoms with Crippen molar-refractivity contribution in [1.29, 1.82) is 0 Å². The van der Waals surface area contributed by atoms with Gasteiger partial charge in [-0.1, -0.05) is 0 Å². The molecule has 9 heteroatoms. The number of hydrogen-bond acceptors (Lipinski definition) is 6. The summed E-state index contributed by atoms with van der Waals surface area (Å²) in [5.74, 6) is 0.617. The number of benzene rings is 1. The second kappa shape index (κ2) is 8.97. The van der Waals surface area contributed by atoms with E-state index in [0.717, 1.165) is 61.4 Å². The van der Waals surface area contributed by atoms with Crippen molar-refractivity contribution in [2.24, 2.45) is 7.05 Å². The summed E-state index contributed by atoms with van der Waals surface area (Å²) in [5, 5.41) is 0.719. The summed E-state index contributed by atoms with van der Waals surface area (Å²) in [7, 11) is 5.95. The Labute approximate surface area is 208 Å². The van der Waals surface area contributed by atoms with E-state index in [1.54, 1.807) is 23.9 Å². The molecule has 5 heterocycles. The predicted molar refractivity (Wildman–Crippen MR) is 139 cm³/mol. The Kier molecular flexibility index (Phi) is 5.76. The van der Waals surface area contributed by atoms with Gasteiger partial charge in [0, 0.05) is 67.5 Å². The number of nitrogens with one attached hydrogen (secondary N) is 1. The number of aromatic nitrogens is 4. The molecule has 0 spiro atoms. The molecule has 0 saturated carbocycles. The van der Waals surface area contributed by atoms with Gasteiger partial charge in [-0.2, -0.15) is 0 Å². The summed E-state index contributed by atoms with van der Waals surface area (Å²) in [6.45, 7) is 3.18. The van der Waals surface area contributed by atoms with Crippen molar-refractivity contribution < 1.29 is 9.13 Å². The molecule has 0 bridgehead atoms. The molecule has 2 atom stereocenters. The molecule has 8 nitrogen and oxygen atoms in total. The van der Waals surface area contributed by atoms with Crippen LogP contribution < -0.4 is 10.6 Å². The van der Waals surface area contributed by atoms with E-state index in [4.69, 9.17) is 9.72 Å². The molecule has 0 aliphatic carbocycles. The zero-order valence-electron chi connectivity index (χ0n) is 20.9. The lowest BCUT2D eigenvalue weighted by atomic mass is 9.95. The van der Waals surface area contributed by atoms with Gasteiger partial charge in [0.25, 0.3) is 0 Å². The first-order chi connectivity index (χ1) is 17.4. The van der Waals surface area contributed by atoms with Gasteiger partial charge in [0.1, 0.15) is 11.6 Å². The fourth-order valence-corrected chi connectivity index (χ4v) is 5.62. The fourth-order valence-electron chi connectivity index (χ4n) is 5.62. The normalized spacial score (nSPS) is 20.8. The van der Waals surface area contributed by atoms with Crippen molar-refractivity contribution in [3.63, 3.8) is 0 Å². The van der Waals surface area contributed by atoms with Crippen molar-refractivity contribution in [2.45, 2.75) is 31.2 Å². The summed E-state index contributed by atoms with van der Waals surface area (Å²) in [4.78, 5) is 29.6. The number of aromatic amines is 1. The zero-order chi connectivity index (χ0) is 25.0. The lowest BCUT2D eigenvalue weighted by molar-refractivity contribution is 0.0797. The van der Waals surface area contributed by atoms with E-state index >= 15 is 4.39 Å². The van der Waals surface area contributed by atoms with Crippen molar-refractivity contribution in [3.05, 3.63) is 52.5 Å². The molecule has 0 amide bonds. The van der Waals surface area contributed by atoms with Crippen LogP contribution in [-0.4, -0.2) is 70.9 Å². The Bertz CT molecular complexity index is 1490. The highest BCUT2D eigenvalue weighted by atomic mass is 19.1. The minimum atomic E-state index is -0.359. The standard InChI is InChI=1S/C27H31FN6O2/c1-32(2)18-8-9-34(14-18)23-7-6-16(13-29-23)19-11-20-22(12-21(19)28)30-24(17-5-4-10-36-15-17)26-25(20)31-27(35)33(26)3/h6-7,11-13,17-18H,4-5,8-10,14-15H2,1-3H3,(H,31,35)/t17-,18+/m0/s1. The van der Waals surface area contributed by atoms with Gasteiger partial charge in [-0.15, -0.1) is 0 Å². The van der Waals surface area contributed by atoms with Crippen LogP contribution in [0.2, 0.25) is 0 Å². The van der Waals surface area contributed by atoms with Crippen molar-refractivity contribution in [2.75, 3.05) is 45.3 Å². The van der Waals surface area contributed by atoms with Crippen LogP contribution in [0, 0.1) is 5.82 Å². The van der Waals surface area contributed by atoms with Crippen LogP contribution in [0.4, 0.5) is 10.2 Å². The van der Waals surface area contributed by atoms with E-state index < -0.39 is 0 Å². The maximum atomic E-state index is 15.4. The van der Waals surface area contributed by atoms with Gasteiger partial charge in [0.2, 0.25) is 0 Å². The van der Waals surface area contributed by atoms with E-state index in [-0.39, 0.29) is 17.4 Å². The molecule has 2 aliphatic heterocycles. The Morgan fingerprint density at radius 3 is 2.78 bits per heavy atom. The first-order valence-corrected chi connectivity index (χ1v) is 12.6. The van der Waals surface area contributed by atoms with Crippen molar-refractivity contribution in [1.82, 2.24) is 24.4 Å². The van der Waals surface area contributed by atoms with Crippen LogP contribution >= 0.6 is 0 Å². The minimum absolute atomic E-state index is 0.0733. The number of pyridine rings is 2. The number of H-pyrrole nitrogens is 1. The number of anilines is 1. The van der Waals surface area contributed by atoms with Gasteiger partial charge in [-0.3, -0.25) is 4.57 Å². The topological polar surface area (TPSA) is 79.3 Å². The molecule has 1 aromatic carbocycles. The van der Waals surface area contributed by atoms with Crippen LogP contribution in [-0.2, 0) is 11.8 Å². The molecule has 188 valence electrons. The highest BCUT2D eigenvalue weighted by molar-refractivity contribution is 6.05. The van der Waals surface area contributed by atoms with Crippen LogP contribution in [0.1, 0.15) is 30.9 Å². The number of likely N-dealkylation sites (N-methyl/N-ethyl adjacent to an activating group) is 1. The third kappa shape index (κ3) is 3.87. The van der Waals surface area contributed by atoms with Gasteiger partial charge in [-0.25, -0.2) is 19.2 Å². The van der Waals surface area contributed by atoms with E-state index in [2.05, 4.69) is 33.9 Å². The van der Waals surface area contributed by atoms with E-state index in [0.29, 0.717) is 34.8 Å². The average Bonchev–Trinajstić information content (AvgIpc) is 3.50. The summed E-state index contributed by atoms with van der Waals surface area (Å²) in [6.07, 6.45) is 4.70. The molecule has 4 aromatic rings. The molecular weight excluding hydrogens is 459 g/mol. The van der Waals surface area contributed by atoms with Crippen LogP contribution in [0.5, 0.6) is 0 Å². The van der Waals surface area contributed by atoms with Gasteiger partial charge < -0.3 is 19.5 Å². The second-order valence-electron chi connectivity index (χ2n) is 10.2. The zero-order valence-corrected chi connectivity index (χ0v) is 20.9. The molecule has 0 unspecified atom stereocenters. The molecule has 1 N–H and O–H groups in total.